The summed E-state index contributed by atoms with van der Waals surface area (Å²) in [6, 6.07) is 12.8. The molecule has 1 saturated heterocycles. The van der Waals surface area contributed by atoms with Gasteiger partial charge in [0.25, 0.3) is 0 Å². The Morgan fingerprint density at radius 3 is 2.27 bits per heavy atom. The highest BCUT2D eigenvalue weighted by Gasteiger charge is 2.25. The highest BCUT2D eigenvalue weighted by molar-refractivity contribution is 6.34. The number of hydrogen-bond acceptors (Lipinski definition) is 3. The minimum Gasteiger partial charge on any atom is -0.371 e. The van der Waals surface area contributed by atoms with Gasteiger partial charge in [0.15, 0.2) is 0 Å². The van der Waals surface area contributed by atoms with Crippen LogP contribution in [0.1, 0.15) is 28.8 Å². The Morgan fingerprint density at radius 2 is 1.69 bits per heavy atom. The van der Waals surface area contributed by atoms with Crippen LogP contribution in [0.3, 0.4) is 0 Å². The maximum atomic E-state index is 12.4. The van der Waals surface area contributed by atoms with E-state index < -0.39 is 0 Å². The number of anilines is 1. The van der Waals surface area contributed by atoms with Crippen molar-refractivity contribution in [1.29, 1.82) is 0 Å². The van der Waals surface area contributed by atoms with Crippen molar-refractivity contribution in [3.63, 3.8) is 0 Å². The summed E-state index contributed by atoms with van der Waals surface area (Å²) in [6.07, 6.45) is 2.45. The Morgan fingerprint density at radius 1 is 1.08 bits per heavy atom. The van der Waals surface area contributed by atoms with Gasteiger partial charge in [-0.3, -0.25) is 9.59 Å². The van der Waals surface area contributed by atoms with E-state index in [0.29, 0.717) is 22.2 Å². The van der Waals surface area contributed by atoms with Crippen molar-refractivity contribution in [3.05, 3.63) is 63.6 Å². The molecule has 0 unspecified atom stereocenters. The van der Waals surface area contributed by atoms with Gasteiger partial charge in [-0.2, -0.15) is 0 Å². The average Bonchev–Trinajstić information content (AvgIpc) is 2.65. The number of nitrogens with zero attached hydrogens (tertiary/aromatic N) is 1. The third-order valence-electron chi connectivity index (χ3n) is 4.65. The van der Waals surface area contributed by atoms with Crippen LogP contribution < -0.4 is 10.2 Å². The van der Waals surface area contributed by atoms with Gasteiger partial charge in [0.2, 0.25) is 5.91 Å². The predicted molar refractivity (Wildman–Crippen MR) is 105 cm³/mol. The number of hydrogen-bond donors (Lipinski definition) is 1. The summed E-state index contributed by atoms with van der Waals surface area (Å²) >= 11 is 12.0. The second kappa shape index (κ2) is 8.56. The second-order valence-electron chi connectivity index (χ2n) is 6.47. The molecule has 26 heavy (non-hydrogen) atoms. The van der Waals surface area contributed by atoms with Crippen molar-refractivity contribution in [3.8, 4) is 0 Å². The molecular weight excluding hydrogens is 371 g/mol. The molecule has 0 aliphatic carbocycles. The molecule has 1 N–H and O–H groups in total. The van der Waals surface area contributed by atoms with Gasteiger partial charge in [-0.25, -0.2) is 0 Å². The lowest BCUT2D eigenvalue weighted by Crippen LogP contribution is -2.40. The molecule has 0 saturated carbocycles. The molecule has 0 aromatic heterocycles. The van der Waals surface area contributed by atoms with E-state index in [1.807, 2.05) is 24.3 Å². The number of aldehydes is 1. The molecule has 2 aromatic carbocycles. The molecule has 0 spiro atoms. The predicted octanol–water partition coefficient (Wildman–Crippen LogP) is 4.34. The van der Waals surface area contributed by atoms with E-state index in [2.05, 4.69) is 10.2 Å². The van der Waals surface area contributed by atoms with Gasteiger partial charge >= 0.3 is 0 Å². The Kier molecular flexibility index (Phi) is 6.17. The number of halogens is 2. The number of carbonyl (C=O) groups is 2. The molecule has 6 heteroatoms. The van der Waals surface area contributed by atoms with Crippen LogP contribution in [0.5, 0.6) is 0 Å². The van der Waals surface area contributed by atoms with Crippen molar-refractivity contribution in [2.45, 2.75) is 19.4 Å². The Labute approximate surface area is 163 Å². The fraction of sp³-hybridized carbons (Fsp3) is 0.300. The molecule has 1 amide bonds. The summed E-state index contributed by atoms with van der Waals surface area (Å²) in [7, 11) is 0. The van der Waals surface area contributed by atoms with Crippen molar-refractivity contribution in [1.82, 2.24) is 5.32 Å². The molecular formula is C20H20Cl2N2O2. The number of carbonyl (C=O) groups excluding carboxylic acids is 2. The first-order valence-corrected chi connectivity index (χ1v) is 9.33. The van der Waals surface area contributed by atoms with Crippen LogP contribution in [-0.2, 0) is 11.3 Å². The summed E-state index contributed by atoms with van der Waals surface area (Å²) in [4.78, 5) is 25.4. The van der Waals surface area contributed by atoms with E-state index >= 15 is 0 Å². The Balaban J connectivity index is 1.50. The first-order chi connectivity index (χ1) is 12.5. The minimum atomic E-state index is 0.00940. The van der Waals surface area contributed by atoms with E-state index in [9.17, 15) is 9.59 Å². The summed E-state index contributed by atoms with van der Waals surface area (Å²) in [5.74, 6) is 0.0761. The zero-order chi connectivity index (χ0) is 18.5. The molecule has 1 fully saturated rings. The second-order valence-corrected chi connectivity index (χ2v) is 7.34. The van der Waals surface area contributed by atoms with Crippen LogP contribution in [0.15, 0.2) is 42.5 Å². The normalized spacial score (nSPS) is 14.9. The van der Waals surface area contributed by atoms with Crippen molar-refractivity contribution >= 4 is 41.1 Å². The van der Waals surface area contributed by atoms with Gasteiger partial charge in [0, 0.05) is 46.8 Å². The smallest absolute Gasteiger partial charge is 0.223 e. The lowest BCUT2D eigenvalue weighted by molar-refractivity contribution is -0.125. The third kappa shape index (κ3) is 4.77. The molecule has 0 atom stereocenters. The lowest BCUT2D eigenvalue weighted by atomic mass is 9.95. The van der Waals surface area contributed by atoms with Gasteiger partial charge in [-0.1, -0.05) is 23.2 Å². The Hall–Kier alpha value is -2.04. The van der Waals surface area contributed by atoms with Gasteiger partial charge in [0.05, 0.1) is 0 Å². The van der Waals surface area contributed by atoms with E-state index in [1.54, 1.807) is 18.2 Å². The van der Waals surface area contributed by atoms with E-state index in [-0.39, 0.29) is 11.8 Å². The first-order valence-electron chi connectivity index (χ1n) is 8.58. The molecule has 1 heterocycles. The number of amides is 1. The topological polar surface area (TPSA) is 49.4 Å². The van der Waals surface area contributed by atoms with Crippen molar-refractivity contribution < 1.29 is 9.59 Å². The van der Waals surface area contributed by atoms with Gasteiger partial charge in [0.1, 0.15) is 6.29 Å². The highest BCUT2D eigenvalue weighted by Crippen LogP contribution is 2.24. The molecule has 3 rings (SSSR count). The van der Waals surface area contributed by atoms with Gasteiger partial charge in [-0.05, 0) is 60.9 Å². The first kappa shape index (κ1) is 18.7. The molecule has 1 aliphatic heterocycles. The molecule has 4 nitrogen and oxygen atoms in total. The maximum absolute atomic E-state index is 12.4. The Bertz CT molecular complexity index is 765. The molecule has 0 radical (unpaired) electrons. The molecule has 136 valence electrons. The summed E-state index contributed by atoms with van der Waals surface area (Å²) < 4.78 is 0. The summed E-state index contributed by atoms with van der Waals surface area (Å²) in [6.45, 7) is 2.06. The quantitative estimate of drug-likeness (QED) is 0.772. The van der Waals surface area contributed by atoms with Crippen molar-refractivity contribution in [2.75, 3.05) is 18.0 Å². The van der Waals surface area contributed by atoms with Crippen LogP contribution in [0, 0.1) is 5.92 Å². The summed E-state index contributed by atoms with van der Waals surface area (Å²) in [5.41, 5.74) is 2.65. The molecule has 2 aromatic rings. The minimum absolute atomic E-state index is 0.00940. The zero-order valence-corrected chi connectivity index (χ0v) is 15.8. The monoisotopic (exact) mass is 390 g/mol. The molecule has 1 aliphatic rings. The fourth-order valence-corrected chi connectivity index (χ4v) is 3.78. The van der Waals surface area contributed by atoms with Crippen LogP contribution in [0.4, 0.5) is 5.69 Å². The summed E-state index contributed by atoms with van der Waals surface area (Å²) in [5, 5.41) is 4.11. The average molecular weight is 391 g/mol. The van der Waals surface area contributed by atoms with Crippen LogP contribution in [-0.4, -0.2) is 25.3 Å². The zero-order valence-electron chi connectivity index (χ0n) is 14.3. The van der Waals surface area contributed by atoms with Gasteiger partial charge < -0.3 is 10.2 Å². The number of piperidine rings is 1. The maximum Gasteiger partial charge on any atom is 0.223 e. The number of benzene rings is 2. The van der Waals surface area contributed by atoms with E-state index in [1.165, 1.54) is 0 Å². The fourth-order valence-electron chi connectivity index (χ4n) is 3.21. The SMILES string of the molecule is O=Cc1ccc(N2CCC(C(=O)NCc3cc(Cl)cc(Cl)c3)CC2)cc1. The highest BCUT2D eigenvalue weighted by atomic mass is 35.5. The lowest BCUT2D eigenvalue weighted by Gasteiger charge is -2.33. The van der Waals surface area contributed by atoms with Crippen LogP contribution >= 0.6 is 23.2 Å². The van der Waals surface area contributed by atoms with E-state index in [4.69, 9.17) is 23.2 Å². The van der Waals surface area contributed by atoms with E-state index in [0.717, 1.165) is 43.5 Å². The van der Waals surface area contributed by atoms with Crippen LogP contribution in [0.25, 0.3) is 0 Å². The van der Waals surface area contributed by atoms with Crippen LogP contribution in [0.2, 0.25) is 10.0 Å². The standard InChI is InChI=1S/C20H20Cl2N2O2/c21-17-9-15(10-18(22)11-17)12-23-20(26)16-5-7-24(8-6-16)19-3-1-14(13-25)2-4-19/h1-4,9-11,13,16H,5-8,12H2,(H,23,26). The van der Waals surface area contributed by atoms with Crippen molar-refractivity contribution in [2.24, 2.45) is 5.92 Å². The third-order valence-corrected chi connectivity index (χ3v) is 5.09. The number of nitrogens with one attached hydrogen (secondary N) is 1. The number of rotatable bonds is 5. The molecule has 0 bridgehead atoms. The largest absolute Gasteiger partial charge is 0.371 e. The van der Waals surface area contributed by atoms with Gasteiger partial charge in [-0.15, -0.1) is 0 Å².